The standard InChI is InChI=1S/C30H31N3O5/c1-16-7-9-19(10-8-16)15-33-27(20-13-22(36-4)29(38-6)23(14-20)37-5)24-25(31-32-26(24)30(33)35)21-12-17(2)11-18(3)28(21)34/h7-14,27,34H,15H2,1-6H3,(H,31,32). The molecule has 8 nitrogen and oxygen atoms in total. The van der Waals surface area contributed by atoms with Gasteiger partial charge >= 0.3 is 0 Å². The van der Waals surface area contributed by atoms with E-state index in [1.54, 1.807) is 26.2 Å². The highest BCUT2D eigenvalue weighted by Crippen LogP contribution is 2.49. The number of fused-ring (bicyclic) bond motifs is 1. The number of rotatable bonds is 7. The number of aryl methyl sites for hydroxylation is 3. The van der Waals surface area contributed by atoms with E-state index in [0.29, 0.717) is 46.3 Å². The van der Waals surface area contributed by atoms with Crippen LogP contribution in [-0.2, 0) is 6.54 Å². The predicted molar refractivity (Wildman–Crippen MR) is 144 cm³/mol. The molecule has 4 aromatic rings. The number of aromatic nitrogens is 2. The Labute approximate surface area is 221 Å². The van der Waals surface area contributed by atoms with Gasteiger partial charge in [-0.1, -0.05) is 35.9 Å². The molecular formula is C30H31N3O5. The first-order valence-electron chi connectivity index (χ1n) is 12.3. The summed E-state index contributed by atoms with van der Waals surface area (Å²) in [4.78, 5) is 15.7. The number of aromatic hydroxyl groups is 1. The fourth-order valence-electron chi connectivity index (χ4n) is 5.20. The van der Waals surface area contributed by atoms with Gasteiger partial charge in [0.05, 0.1) is 27.4 Å². The lowest BCUT2D eigenvalue weighted by atomic mass is 9.93. The number of phenols is 1. The summed E-state index contributed by atoms with van der Waals surface area (Å²) in [5.74, 6) is 1.39. The Balaban J connectivity index is 1.74. The molecule has 5 rings (SSSR count). The summed E-state index contributed by atoms with van der Waals surface area (Å²) in [5, 5.41) is 18.5. The van der Waals surface area contributed by atoms with Crippen LogP contribution in [0.15, 0.2) is 48.5 Å². The van der Waals surface area contributed by atoms with Gasteiger partial charge in [0.15, 0.2) is 11.5 Å². The average Bonchev–Trinajstić information content (AvgIpc) is 3.45. The fraction of sp³-hybridized carbons (Fsp3) is 0.267. The van der Waals surface area contributed by atoms with E-state index in [9.17, 15) is 9.90 Å². The van der Waals surface area contributed by atoms with Gasteiger partial charge in [-0.15, -0.1) is 0 Å². The second-order valence-electron chi connectivity index (χ2n) is 9.62. The largest absolute Gasteiger partial charge is 0.507 e. The highest BCUT2D eigenvalue weighted by atomic mass is 16.5. The van der Waals surface area contributed by atoms with Crippen molar-refractivity contribution in [1.29, 1.82) is 0 Å². The molecule has 38 heavy (non-hydrogen) atoms. The van der Waals surface area contributed by atoms with E-state index in [4.69, 9.17) is 14.2 Å². The molecule has 1 atom stereocenters. The summed E-state index contributed by atoms with van der Waals surface area (Å²) in [7, 11) is 4.68. The van der Waals surface area contributed by atoms with Crippen molar-refractivity contribution in [3.05, 3.63) is 87.6 Å². The number of phenolic OH excluding ortho intramolecular Hbond substituents is 1. The summed E-state index contributed by atoms with van der Waals surface area (Å²) in [6.45, 7) is 6.22. The van der Waals surface area contributed by atoms with Crippen molar-refractivity contribution >= 4 is 5.91 Å². The lowest BCUT2D eigenvalue weighted by Crippen LogP contribution is -2.29. The number of H-pyrrole nitrogens is 1. The summed E-state index contributed by atoms with van der Waals surface area (Å²) >= 11 is 0. The van der Waals surface area contributed by atoms with Crippen LogP contribution >= 0.6 is 0 Å². The van der Waals surface area contributed by atoms with Gasteiger partial charge in [0, 0.05) is 17.7 Å². The van der Waals surface area contributed by atoms with Crippen molar-refractivity contribution in [3.63, 3.8) is 0 Å². The van der Waals surface area contributed by atoms with Gasteiger partial charge in [-0.3, -0.25) is 9.89 Å². The second kappa shape index (κ2) is 9.78. The number of methoxy groups -OCH3 is 3. The summed E-state index contributed by atoms with van der Waals surface area (Å²) in [5.41, 5.74) is 6.82. The number of aromatic amines is 1. The average molecular weight is 514 g/mol. The van der Waals surface area contributed by atoms with E-state index in [-0.39, 0.29) is 11.7 Å². The van der Waals surface area contributed by atoms with Crippen molar-refractivity contribution in [2.75, 3.05) is 21.3 Å². The molecule has 0 fully saturated rings. The van der Waals surface area contributed by atoms with Gasteiger partial charge in [-0.2, -0.15) is 5.10 Å². The summed E-state index contributed by atoms with van der Waals surface area (Å²) < 4.78 is 16.8. The maximum absolute atomic E-state index is 13.9. The maximum Gasteiger partial charge on any atom is 0.273 e. The van der Waals surface area contributed by atoms with E-state index in [0.717, 1.165) is 27.8 Å². The normalized spacial score (nSPS) is 14.5. The maximum atomic E-state index is 13.9. The van der Waals surface area contributed by atoms with Crippen molar-refractivity contribution in [2.24, 2.45) is 0 Å². The van der Waals surface area contributed by atoms with E-state index in [2.05, 4.69) is 10.2 Å². The molecule has 2 N–H and O–H groups in total. The number of hydrogen-bond acceptors (Lipinski definition) is 6. The van der Waals surface area contributed by atoms with Gasteiger partial charge in [-0.05, 0) is 61.2 Å². The SMILES string of the molecule is COc1cc(C2c3c(-c4cc(C)cc(C)c4O)n[nH]c3C(=O)N2Cc2ccc(C)cc2)cc(OC)c1OC. The van der Waals surface area contributed by atoms with Gasteiger partial charge in [-0.25, -0.2) is 0 Å². The minimum Gasteiger partial charge on any atom is -0.507 e. The molecule has 196 valence electrons. The zero-order valence-electron chi connectivity index (χ0n) is 22.4. The van der Waals surface area contributed by atoms with Crippen LogP contribution in [0.2, 0.25) is 0 Å². The van der Waals surface area contributed by atoms with Gasteiger partial charge in [0.2, 0.25) is 5.75 Å². The first-order chi connectivity index (χ1) is 18.3. The first kappa shape index (κ1) is 25.2. The molecule has 0 saturated heterocycles. The third-order valence-corrected chi connectivity index (χ3v) is 7.04. The molecule has 3 aromatic carbocycles. The van der Waals surface area contributed by atoms with Crippen LogP contribution in [0, 0.1) is 20.8 Å². The number of nitrogens with one attached hydrogen (secondary N) is 1. The van der Waals surface area contributed by atoms with E-state index in [1.807, 2.05) is 69.3 Å². The molecule has 8 heteroatoms. The molecule has 0 radical (unpaired) electrons. The van der Waals surface area contributed by atoms with Crippen LogP contribution in [0.4, 0.5) is 0 Å². The Kier molecular flexibility index (Phi) is 6.48. The zero-order chi connectivity index (χ0) is 27.1. The van der Waals surface area contributed by atoms with Crippen molar-refractivity contribution < 1.29 is 24.1 Å². The molecule has 0 spiro atoms. The third-order valence-electron chi connectivity index (χ3n) is 7.04. The van der Waals surface area contributed by atoms with Crippen LogP contribution in [-0.4, -0.2) is 47.4 Å². The Bertz CT molecular complexity index is 1500. The Morgan fingerprint density at radius 1 is 0.921 bits per heavy atom. The second-order valence-corrected chi connectivity index (χ2v) is 9.62. The molecular weight excluding hydrogens is 482 g/mol. The molecule has 1 aromatic heterocycles. The smallest absolute Gasteiger partial charge is 0.273 e. The van der Waals surface area contributed by atoms with Crippen LogP contribution < -0.4 is 14.2 Å². The van der Waals surface area contributed by atoms with Crippen LogP contribution in [0.3, 0.4) is 0 Å². The zero-order valence-corrected chi connectivity index (χ0v) is 22.4. The summed E-state index contributed by atoms with van der Waals surface area (Å²) in [6, 6.07) is 15.1. The number of benzene rings is 3. The highest BCUT2D eigenvalue weighted by molar-refractivity contribution is 6.00. The number of amides is 1. The molecule has 1 aliphatic heterocycles. The Hall–Kier alpha value is -4.46. The number of carbonyl (C=O) groups is 1. The molecule has 0 saturated carbocycles. The van der Waals surface area contributed by atoms with Crippen molar-refractivity contribution in [1.82, 2.24) is 15.1 Å². The molecule has 0 aliphatic carbocycles. The highest BCUT2D eigenvalue weighted by Gasteiger charge is 2.43. The van der Waals surface area contributed by atoms with E-state index < -0.39 is 6.04 Å². The third kappa shape index (κ3) is 4.12. The molecule has 1 aliphatic rings. The molecule has 1 unspecified atom stereocenters. The number of carbonyl (C=O) groups excluding carboxylic acids is 1. The lowest BCUT2D eigenvalue weighted by Gasteiger charge is -2.28. The van der Waals surface area contributed by atoms with Crippen LogP contribution in [0.5, 0.6) is 23.0 Å². The predicted octanol–water partition coefficient (Wildman–Crippen LogP) is 5.48. The minimum absolute atomic E-state index is 0.137. The Morgan fingerprint density at radius 2 is 1.58 bits per heavy atom. The topological polar surface area (TPSA) is 96.9 Å². The molecule has 0 bridgehead atoms. The fourth-order valence-corrected chi connectivity index (χ4v) is 5.20. The van der Waals surface area contributed by atoms with Gasteiger partial charge < -0.3 is 24.2 Å². The minimum atomic E-state index is -0.526. The van der Waals surface area contributed by atoms with Crippen LogP contribution in [0.25, 0.3) is 11.3 Å². The quantitative estimate of drug-likeness (QED) is 0.340. The summed E-state index contributed by atoms with van der Waals surface area (Å²) in [6.07, 6.45) is 0. The van der Waals surface area contributed by atoms with Gasteiger partial charge in [0.25, 0.3) is 5.91 Å². The number of hydrogen-bond donors (Lipinski definition) is 2. The first-order valence-corrected chi connectivity index (χ1v) is 12.3. The van der Waals surface area contributed by atoms with E-state index >= 15 is 0 Å². The van der Waals surface area contributed by atoms with E-state index in [1.165, 1.54) is 0 Å². The number of ether oxygens (including phenoxy) is 3. The number of nitrogens with zero attached hydrogens (tertiary/aromatic N) is 2. The van der Waals surface area contributed by atoms with Crippen LogP contribution in [0.1, 0.15) is 49.9 Å². The van der Waals surface area contributed by atoms with Gasteiger partial charge in [0.1, 0.15) is 17.1 Å². The monoisotopic (exact) mass is 513 g/mol. The Morgan fingerprint density at radius 3 is 2.18 bits per heavy atom. The lowest BCUT2D eigenvalue weighted by molar-refractivity contribution is 0.0729. The van der Waals surface area contributed by atoms with Crippen molar-refractivity contribution in [3.8, 4) is 34.3 Å². The molecule has 1 amide bonds. The molecule has 2 heterocycles. The van der Waals surface area contributed by atoms with Crippen molar-refractivity contribution in [2.45, 2.75) is 33.4 Å².